The van der Waals surface area contributed by atoms with Gasteiger partial charge in [-0.1, -0.05) is 53.4 Å². The molecule has 0 N–H and O–H groups in total. The Morgan fingerprint density at radius 2 is 1.86 bits per heavy atom. The van der Waals surface area contributed by atoms with Crippen LogP contribution in [-0.4, -0.2) is 10.4 Å². The molecule has 118 valence electrons. The van der Waals surface area contributed by atoms with Gasteiger partial charge in [-0.15, -0.1) is 0 Å². The van der Waals surface area contributed by atoms with E-state index in [1.165, 1.54) is 37.8 Å². The van der Waals surface area contributed by atoms with Gasteiger partial charge in [0.15, 0.2) is 5.78 Å². The molecule has 0 saturated heterocycles. The average molecular weight is 289 g/mol. The summed E-state index contributed by atoms with van der Waals surface area (Å²) in [7, 11) is 0. The second-order valence-corrected chi connectivity index (χ2v) is 7.91. The van der Waals surface area contributed by atoms with Crippen LogP contribution in [0, 0.1) is 11.3 Å². The predicted octanol–water partition coefficient (Wildman–Crippen LogP) is 5.25. The number of unbranched alkanes of at least 4 members (excludes halogenated alkanes) is 3. The molecule has 0 radical (unpaired) electrons. The van der Waals surface area contributed by atoms with E-state index < -0.39 is 0 Å². The highest BCUT2D eigenvalue weighted by Crippen LogP contribution is 2.35. The molecule has 21 heavy (non-hydrogen) atoms. The first-order valence-corrected chi connectivity index (χ1v) is 8.60. The molecule has 0 aromatic carbocycles. The first kappa shape index (κ1) is 16.3. The fourth-order valence-electron chi connectivity index (χ4n) is 3.40. The molecule has 2 nitrogen and oxygen atoms in total. The number of aromatic nitrogens is 1. The number of ketones is 1. The molecule has 2 heteroatoms. The highest BCUT2D eigenvalue weighted by molar-refractivity contribution is 5.98. The third kappa shape index (κ3) is 4.46. The van der Waals surface area contributed by atoms with E-state index in [9.17, 15) is 4.79 Å². The number of hydrogen-bond acceptors (Lipinski definition) is 1. The van der Waals surface area contributed by atoms with Crippen molar-refractivity contribution in [1.29, 1.82) is 0 Å². The Kier molecular flexibility index (Phi) is 5.29. The molecule has 2 rings (SSSR count). The first-order chi connectivity index (χ1) is 9.89. The van der Waals surface area contributed by atoms with Crippen molar-refractivity contribution in [2.24, 2.45) is 11.3 Å². The fraction of sp³-hybridized carbons (Fsp3) is 0.737. The van der Waals surface area contributed by atoms with Gasteiger partial charge in [0, 0.05) is 30.4 Å². The van der Waals surface area contributed by atoms with Crippen molar-refractivity contribution in [3.05, 3.63) is 23.5 Å². The summed E-state index contributed by atoms with van der Waals surface area (Å²) < 4.78 is 2.33. The van der Waals surface area contributed by atoms with E-state index in [-0.39, 0.29) is 5.41 Å². The molecule has 1 aromatic heterocycles. The highest BCUT2D eigenvalue weighted by Gasteiger charge is 2.32. The van der Waals surface area contributed by atoms with E-state index >= 15 is 0 Å². The van der Waals surface area contributed by atoms with E-state index in [0.717, 1.165) is 24.4 Å². The lowest BCUT2D eigenvalue weighted by atomic mass is 9.76. The minimum atomic E-state index is 0.122. The third-order valence-corrected chi connectivity index (χ3v) is 4.59. The van der Waals surface area contributed by atoms with Gasteiger partial charge in [0.05, 0.1) is 0 Å². The Hall–Kier alpha value is -1.05. The highest BCUT2D eigenvalue weighted by atomic mass is 16.1. The average Bonchev–Trinajstić information content (AvgIpc) is 2.75. The smallest absolute Gasteiger partial charge is 0.165 e. The van der Waals surface area contributed by atoms with Gasteiger partial charge in [-0.2, -0.15) is 0 Å². The lowest BCUT2D eigenvalue weighted by Gasteiger charge is -2.29. The molecule has 1 aromatic rings. The maximum atomic E-state index is 12.2. The summed E-state index contributed by atoms with van der Waals surface area (Å²) in [5.74, 6) is 1.16. The number of carbonyl (C=O) groups is 1. The van der Waals surface area contributed by atoms with Crippen LogP contribution in [0.2, 0.25) is 0 Å². The van der Waals surface area contributed by atoms with E-state index in [0.29, 0.717) is 12.2 Å². The molecule has 1 heterocycles. The number of hydrogen-bond donors (Lipinski definition) is 0. The summed E-state index contributed by atoms with van der Waals surface area (Å²) >= 11 is 0. The maximum Gasteiger partial charge on any atom is 0.165 e. The number of fused-ring (bicyclic) bond motifs is 1. The minimum Gasteiger partial charge on any atom is -0.351 e. The van der Waals surface area contributed by atoms with Gasteiger partial charge in [0.1, 0.15) is 0 Å². The number of rotatable bonds is 7. The van der Waals surface area contributed by atoms with Gasteiger partial charge in [0.25, 0.3) is 0 Å². The van der Waals surface area contributed by atoms with Crippen molar-refractivity contribution in [2.75, 3.05) is 0 Å². The second kappa shape index (κ2) is 6.81. The lowest BCUT2D eigenvalue weighted by molar-refractivity contribution is 0.0910. The van der Waals surface area contributed by atoms with E-state index in [1.54, 1.807) is 0 Å². The van der Waals surface area contributed by atoms with Crippen molar-refractivity contribution < 1.29 is 4.79 Å². The fourth-order valence-corrected chi connectivity index (χ4v) is 3.40. The van der Waals surface area contributed by atoms with Crippen LogP contribution in [0.15, 0.2) is 12.3 Å². The summed E-state index contributed by atoms with van der Waals surface area (Å²) in [6.07, 6.45) is 10.4. The summed E-state index contributed by atoms with van der Waals surface area (Å²) in [5, 5.41) is 0. The van der Waals surface area contributed by atoms with E-state index in [4.69, 9.17) is 0 Å². The quantitative estimate of drug-likeness (QED) is 0.628. The zero-order chi connectivity index (χ0) is 15.5. The van der Waals surface area contributed by atoms with E-state index in [2.05, 4.69) is 38.5 Å². The van der Waals surface area contributed by atoms with Crippen molar-refractivity contribution in [3.63, 3.8) is 0 Å². The maximum absolute atomic E-state index is 12.2. The van der Waals surface area contributed by atoms with Gasteiger partial charge < -0.3 is 4.57 Å². The zero-order valence-corrected chi connectivity index (χ0v) is 14.2. The number of aryl methyl sites for hydroxylation is 1. The zero-order valence-electron chi connectivity index (χ0n) is 14.2. The van der Waals surface area contributed by atoms with Crippen LogP contribution in [0.5, 0.6) is 0 Å². The number of nitrogens with zero attached hydrogens (tertiary/aromatic N) is 1. The second-order valence-electron chi connectivity index (χ2n) is 7.91. The van der Waals surface area contributed by atoms with Crippen LogP contribution in [0.3, 0.4) is 0 Å². The van der Waals surface area contributed by atoms with Crippen LogP contribution in [0.25, 0.3) is 0 Å². The van der Waals surface area contributed by atoms with Gasteiger partial charge in [0.2, 0.25) is 0 Å². The SMILES string of the molecule is CC(C)CCCCCCn1ccc2c1CC(C)(C)CC2=O. The third-order valence-electron chi connectivity index (χ3n) is 4.59. The Balaban J connectivity index is 1.84. The van der Waals surface area contributed by atoms with Crippen LogP contribution in [-0.2, 0) is 13.0 Å². The molecule has 0 bridgehead atoms. The van der Waals surface area contributed by atoms with Crippen LogP contribution in [0.4, 0.5) is 0 Å². The monoisotopic (exact) mass is 289 g/mol. The summed E-state index contributed by atoms with van der Waals surface area (Å²) in [4.78, 5) is 12.2. The molecule has 0 aliphatic heterocycles. The Bertz CT molecular complexity index is 482. The first-order valence-electron chi connectivity index (χ1n) is 8.60. The normalized spacial score (nSPS) is 17.3. The van der Waals surface area contributed by atoms with Crippen molar-refractivity contribution >= 4 is 5.78 Å². The van der Waals surface area contributed by atoms with Crippen molar-refractivity contribution in [2.45, 2.75) is 79.2 Å². The largest absolute Gasteiger partial charge is 0.351 e. The van der Waals surface area contributed by atoms with Crippen molar-refractivity contribution in [1.82, 2.24) is 4.57 Å². The molecule has 1 aliphatic carbocycles. The Morgan fingerprint density at radius 3 is 2.57 bits per heavy atom. The van der Waals surface area contributed by atoms with E-state index in [1.807, 2.05) is 6.07 Å². The molecule has 0 saturated carbocycles. The Labute approximate surface area is 129 Å². The lowest BCUT2D eigenvalue weighted by Crippen LogP contribution is -2.28. The minimum absolute atomic E-state index is 0.122. The number of Topliss-reactive ketones (excluding diaryl/α,β-unsaturated/α-hetero) is 1. The van der Waals surface area contributed by atoms with Crippen LogP contribution in [0.1, 0.15) is 82.3 Å². The van der Waals surface area contributed by atoms with Gasteiger partial charge in [-0.25, -0.2) is 0 Å². The van der Waals surface area contributed by atoms with Gasteiger partial charge in [-0.3, -0.25) is 4.79 Å². The standard InChI is InChI=1S/C19H31NO/c1-15(2)9-7-5-6-8-11-20-12-10-16-17(20)13-19(3,4)14-18(16)21/h10,12,15H,5-9,11,13-14H2,1-4H3. The molecule has 0 spiro atoms. The molecule has 0 atom stereocenters. The summed E-state index contributed by atoms with van der Waals surface area (Å²) in [6, 6.07) is 2.03. The topological polar surface area (TPSA) is 22.0 Å². The summed E-state index contributed by atoms with van der Waals surface area (Å²) in [5.41, 5.74) is 2.38. The van der Waals surface area contributed by atoms with Gasteiger partial charge >= 0.3 is 0 Å². The molecule has 0 fully saturated rings. The molecular formula is C19H31NO. The van der Waals surface area contributed by atoms with Crippen molar-refractivity contribution in [3.8, 4) is 0 Å². The van der Waals surface area contributed by atoms with Crippen LogP contribution >= 0.6 is 0 Å². The molecule has 0 amide bonds. The summed E-state index contributed by atoms with van der Waals surface area (Å²) in [6.45, 7) is 10.1. The molecule has 0 unspecified atom stereocenters. The number of carbonyl (C=O) groups excluding carboxylic acids is 1. The van der Waals surface area contributed by atoms with Crippen LogP contribution < -0.4 is 0 Å². The Morgan fingerprint density at radius 1 is 1.14 bits per heavy atom. The van der Waals surface area contributed by atoms with Gasteiger partial charge in [-0.05, 0) is 30.2 Å². The predicted molar refractivity (Wildman–Crippen MR) is 88.8 cm³/mol. The molecular weight excluding hydrogens is 258 g/mol. The molecule has 1 aliphatic rings.